The predicted molar refractivity (Wildman–Crippen MR) is 67.6 cm³/mol. The standard InChI is InChI=1S/C13H22N2O/c1-10(9-14)7-13(15-2)11-5-4-6-12(8-11)16-3/h4-6,8,10,13,15H,7,9,14H2,1-3H3. The number of nitrogens with one attached hydrogen (secondary N) is 1. The van der Waals surface area contributed by atoms with E-state index in [0.717, 1.165) is 18.7 Å². The Kier molecular flexibility index (Phi) is 5.29. The van der Waals surface area contributed by atoms with Crippen LogP contribution in [0.1, 0.15) is 24.9 Å². The van der Waals surface area contributed by atoms with Crippen LogP contribution in [0.3, 0.4) is 0 Å². The molecule has 1 rings (SSSR count). The average Bonchev–Trinajstić information content (AvgIpc) is 2.35. The minimum atomic E-state index is 0.341. The highest BCUT2D eigenvalue weighted by Crippen LogP contribution is 2.23. The van der Waals surface area contributed by atoms with Gasteiger partial charge in [0, 0.05) is 6.04 Å². The predicted octanol–water partition coefficient (Wildman–Crippen LogP) is 1.94. The van der Waals surface area contributed by atoms with Gasteiger partial charge in [-0.25, -0.2) is 0 Å². The summed E-state index contributed by atoms with van der Waals surface area (Å²) >= 11 is 0. The minimum absolute atomic E-state index is 0.341. The van der Waals surface area contributed by atoms with Gasteiger partial charge in [0.15, 0.2) is 0 Å². The van der Waals surface area contributed by atoms with Gasteiger partial charge in [0.05, 0.1) is 7.11 Å². The van der Waals surface area contributed by atoms with Gasteiger partial charge in [-0.2, -0.15) is 0 Å². The van der Waals surface area contributed by atoms with Crippen LogP contribution in [0.15, 0.2) is 24.3 Å². The monoisotopic (exact) mass is 222 g/mol. The molecule has 16 heavy (non-hydrogen) atoms. The molecule has 1 aromatic carbocycles. The van der Waals surface area contributed by atoms with Gasteiger partial charge in [-0.1, -0.05) is 19.1 Å². The molecule has 0 heterocycles. The van der Waals surface area contributed by atoms with Crippen molar-refractivity contribution < 1.29 is 4.74 Å². The summed E-state index contributed by atoms with van der Waals surface area (Å²) in [6.07, 6.45) is 1.04. The van der Waals surface area contributed by atoms with Crippen LogP contribution in [0.4, 0.5) is 0 Å². The van der Waals surface area contributed by atoms with Crippen LogP contribution >= 0.6 is 0 Å². The summed E-state index contributed by atoms with van der Waals surface area (Å²) < 4.78 is 5.23. The molecule has 0 fully saturated rings. The highest BCUT2D eigenvalue weighted by Gasteiger charge is 2.13. The third kappa shape index (κ3) is 3.51. The van der Waals surface area contributed by atoms with Crippen LogP contribution in [0.25, 0.3) is 0 Å². The average molecular weight is 222 g/mol. The zero-order valence-corrected chi connectivity index (χ0v) is 10.4. The smallest absolute Gasteiger partial charge is 0.119 e. The first-order valence-corrected chi connectivity index (χ1v) is 5.72. The fourth-order valence-corrected chi connectivity index (χ4v) is 1.78. The van der Waals surface area contributed by atoms with Gasteiger partial charge in [-0.3, -0.25) is 0 Å². The van der Waals surface area contributed by atoms with Crippen molar-refractivity contribution in [2.45, 2.75) is 19.4 Å². The first-order valence-electron chi connectivity index (χ1n) is 5.72. The quantitative estimate of drug-likeness (QED) is 0.773. The highest BCUT2D eigenvalue weighted by molar-refractivity contribution is 5.30. The Morgan fingerprint density at radius 2 is 2.19 bits per heavy atom. The molecule has 0 aromatic heterocycles. The van der Waals surface area contributed by atoms with Crippen LogP contribution < -0.4 is 15.8 Å². The Morgan fingerprint density at radius 3 is 2.75 bits per heavy atom. The fourth-order valence-electron chi connectivity index (χ4n) is 1.78. The van der Waals surface area contributed by atoms with Crippen molar-refractivity contribution in [3.05, 3.63) is 29.8 Å². The summed E-state index contributed by atoms with van der Waals surface area (Å²) in [5.74, 6) is 1.42. The molecule has 2 unspecified atom stereocenters. The maximum atomic E-state index is 5.66. The van der Waals surface area contributed by atoms with Gasteiger partial charge in [-0.05, 0) is 43.6 Å². The Balaban J connectivity index is 2.77. The zero-order chi connectivity index (χ0) is 12.0. The zero-order valence-electron chi connectivity index (χ0n) is 10.4. The van der Waals surface area contributed by atoms with Crippen molar-refractivity contribution in [3.8, 4) is 5.75 Å². The van der Waals surface area contributed by atoms with E-state index in [9.17, 15) is 0 Å². The van der Waals surface area contributed by atoms with E-state index in [2.05, 4.69) is 24.4 Å². The lowest BCUT2D eigenvalue weighted by atomic mass is 9.96. The first-order chi connectivity index (χ1) is 7.71. The third-order valence-corrected chi connectivity index (χ3v) is 2.89. The van der Waals surface area contributed by atoms with Crippen LogP contribution in [-0.4, -0.2) is 20.7 Å². The maximum absolute atomic E-state index is 5.66. The lowest BCUT2D eigenvalue weighted by molar-refractivity contribution is 0.409. The molecule has 0 amide bonds. The molecule has 0 saturated heterocycles. The van der Waals surface area contributed by atoms with Crippen molar-refractivity contribution in [2.75, 3.05) is 20.7 Å². The minimum Gasteiger partial charge on any atom is -0.497 e. The summed E-state index contributed by atoms with van der Waals surface area (Å²) in [4.78, 5) is 0. The molecule has 0 aliphatic heterocycles. The Morgan fingerprint density at radius 1 is 1.44 bits per heavy atom. The summed E-state index contributed by atoms with van der Waals surface area (Å²) in [6, 6.07) is 8.51. The number of benzene rings is 1. The lowest BCUT2D eigenvalue weighted by Crippen LogP contribution is -2.22. The van der Waals surface area contributed by atoms with Crippen LogP contribution in [0, 0.1) is 5.92 Å². The molecule has 90 valence electrons. The molecular weight excluding hydrogens is 200 g/mol. The molecule has 3 N–H and O–H groups in total. The number of ether oxygens (including phenoxy) is 1. The van der Waals surface area contributed by atoms with Gasteiger partial charge >= 0.3 is 0 Å². The van der Waals surface area contributed by atoms with Crippen molar-refractivity contribution in [3.63, 3.8) is 0 Å². The topological polar surface area (TPSA) is 47.3 Å². The molecule has 3 heteroatoms. The van der Waals surface area contributed by atoms with E-state index < -0.39 is 0 Å². The molecule has 0 bridgehead atoms. The van der Waals surface area contributed by atoms with E-state index in [1.54, 1.807) is 7.11 Å². The van der Waals surface area contributed by atoms with E-state index in [4.69, 9.17) is 10.5 Å². The number of hydrogen-bond acceptors (Lipinski definition) is 3. The van der Waals surface area contributed by atoms with E-state index in [1.165, 1.54) is 5.56 Å². The molecule has 0 spiro atoms. The second-order valence-electron chi connectivity index (χ2n) is 4.19. The number of methoxy groups -OCH3 is 1. The first kappa shape index (κ1) is 13.0. The van der Waals surface area contributed by atoms with Gasteiger partial charge < -0.3 is 15.8 Å². The third-order valence-electron chi connectivity index (χ3n) is 2.89. The van der Waals surface area contributed by atoms with E-state index in [1.807, 2.05) is 19.2 Å². The van der Waals surface area contributed by atoms with Crippen LogP contribution in [0.5, 0.6) is 5.75 Å². The second-order valence-corrected chi connectivity index (χ2v) is 4.19. The summed E-state index contributed by atoms with van der Waals surface area (Å²) in [7, 11) is 3.67. The summed E-state index contributed by atoms with van der Waals surface area (Å²) in [5.41, 5.74) is 6.91. The van der Waals surface area contributed by atoms with Crippen LogP contribution in [0.2, 0.25) is 0 Å². The summed E-state index contributed by atoms with van der Waals surface area (Å²) in [6.45, 7) is 2.90. The fraction of sp³-hybridized carbons (Fsp3) is 0.538. The van der Waals surface area contributed by atoms with Crippen molar-refractivity contribution in [1.82, 2.24) is 5.32 Å². The molecule has 0 aliphatic rings. The van der Waals surface area contributed by atoms with Crippen molar-refractivity contribution in [1.29, 1.82) is 0 Å². The number of nitrogens with two attached hydrogens (primary N) is 1. The van der Waals surface area contributed by atoms with Gasteiger partial charge in [0.1, 0.15) is 5.75 Å². The Labute approximate surface area is 98.0 Å². The van der Waals surface area contributed by atoms with Crippen molar-refractivity contribution in [2.24, 2.45) is 11.7 Å². The molecule has 2 atom stereocenters. The maximum Gasteiger partial charge on any atom is 0.119 e. The molecular formula is C13H22N2O. The Bertz CT molecular complexity index is 315. The number of rotatable bonds is 6. The van der Waals surface area contributed by atoms with Gasteiger partial charge in [0.25, 0.3) is 0 Å². The molecule has 0 saturated carbocycles. The molecule has 0 radical (unpaired) electrons. The SMILES string of the molecule is CNC(CC(C)CN)c1cccc(OC)c1. The van der Waals surface area contributed by atoms with E-state index in [-0.39, 0.29) is 0 Å². The second kappa shape index (κ2) is 6.51. The molecule has 3 nitrogen and oxygen atoms in total. The van der Waals surface area contributed by atoms with Crippen molar-refractivity contribution >= 4 is 0 Å². The lowest BCUT2D eigenvalue weighted by Gasteiger charge is -2.20. The van der Waals surface area contributed by atoms with E-state index in [0.29, 0.717) is 12.0 Å². The highest BCUT2D eigenvalue weighted by atomic mass is 16.5. The molecule has 1 aromatic rings. The van der Waals surface area contributed by atoms with Gasteiger partial charge in [0.2, 0.25) is 0 Å². The molecule has 0 aliphatic carbocycles. The Hall–Kier alpha value is -1.06. The summed E-state index contributed by atoms with van der Waals surface area (Å²) in [5, 5.41) is 3.32. The largest absolute Gasteiger partial charge is 0.497 e. The normalized spacial score (nSPS) is 14.5. The number of hydrogen-bond donors (Lipinski definition) is 2. The van der Waals surface area contributed by atoms with Gasteiger partial charge in [-0.15, -0.1) is 0 Å². The van der Waals surface area contributed by atoms with E-state index >= 15 is 0 Å². The van der Waals surface area contributed by atoms with Crippen LogP contribution in [-0.2, 0) is 0 Å².